The normalized spacial score (nSPS) is 11.8. The molecule has 102 valence electrons. The molecular weight excluding hydrogens is 258 g/mol. The topological polar surface area (TPSA) is 29.9 Å². The SMILES string of the molecule is CC(C)(C)NCc1ccn(Cc2ccc(Cl)cc2)n1. The highest BCUT2D eigenvalue weighted by atomic mass is 35.5. The average molecular weight is 278 g/mol. The molecule has 0 bridgehead atoms. The van der Waals surface area contributed by atoms with Crippen LogP contribution in [0.1, 0.15) is 32.0 Å². The van der Waals surface area contributed by atoms with Gasteiger partial charge in [-0.2, -0.15) is 5.10 Å². The van der Waals surface area contributed by atoms with Gasteiger partial charge in [-0.3, -0.25) is 4.68 Å². The Kier molecular flexibility index (Phi) is 4.27. The second kappa shape index (κ2) is 5.76. The van der Waals surface area contributed by atoms with Gasteiger partial charge in [0.05, 0.1) is 12.2 Å². The Balaban J connectivity index is 1.95. The van der Waals surface area contributed by atoms with Crippen molar-refractivity contribution in [3.8, 4) is 0 Å². The minimum atomic E-state index is 0.111. The lowest BCUT2D eigenvalue weighted by Crippen LogP contribution is -2.35. The van der Waals surface area contributed by atoms with Crippen LogP contribution in [0, 0.1) is 0 Å². The van der Waals surface area contributed by atoms with Gasteiger partial charge >= 0.3 is 0 Å². The highest BCUT2D eigenvalue weighted by Crippen LogP contribution is 2.11. The Bertz CT molecular complexity index is 523. The highest BCUT2D eigenvalue weighted by Gasteiger charge is 2.09. The standard InChI is InChI=1S/C15H20ClN3/c1-15(2,3)17-10-14-8-9-19(18-14)11-12-4-6-13(16)7-5-12/h4-9,17H,10-11H2,1-3H3. The molecule has 0 radical (unpaired) electrons. The number of nitrogens with zero attached hydrogens (tertiary/aromatic N) is 2. The molecule has 1 heterocycles. The van der Waals surface area contributed by atoms with Crippen LogP contribution in [0.5, 0.6) is 0 Å². The Labute approximate surface area is 119 Å². The molecule has 2 rings (SSSR count). The largest absolute Gasteiger partial charge is 0.306 e. The van der Waals surface area contributed by atoms with E-state index in [-0.39, 0.29) is 5.54 Å². The molecule has 0 aliphatic carbocycles. The Hall–Kier alpha value is -1.32. The van der Waals surface area contributed by atoms with Gasteiger partial charge in [-0.15, -0.1) is 0 Å². The van der Waals surface area contributed by atoms with E-state index in [1.165, 1.54) is 5.56 Å². The minimum Gasteiger partial charge on any atom is -0.306 e. The second-order valence-electron chi connectivity index (χ2n) is 5.73. The van der Waals surface area contributed by atoms with Crippen molar-refractivity contribution in [2.75, 3.05) is 0 Å². The monoisotopic (exact) mass is 277 g/mol. The van der Waals surface area contributed by atoms with Gasteiger partial charge in [0.25, 0.3) is 0 Å². The summed E-state index contributed by atoms with van der Waals surface area (Å²) in [5, 5.41) is 8.74. The molecule has 4 heteroatoms. The van der Waals surface area contributed by atoms with Crippen LogP contribution < -0.4 is 5.32 Å². The van der Waals surface area contributed by atoms with Crippen LogP contribution in [0.25, 0.3) is 0 Å². The van der Waals surface area contributed by atoms with Crippen LogP contribution in [-0.2, 0) is 13.1 Å². The molecule has 0 unspecified atom stereocenters. The predicted molar refractivity (Wildman–Crippen MR) is 79.4 cm³/mol. The molecule has 1 aromatic heterocycles. The van der Waals surface area contributed by atoms with Gasteiger partial charge < -0.3 is 5.32 Å². The average Bonchev–Trinajstić information content (AvgIpc) is 2.77. The maximum atomic E-state index is 5.87. The summed E-state index contributed by atoms with van der Waals surface area (Å²) < 4.78 is 1.95. The Morgan fingerprint density at radius 3 is 2.47 bits per heavy atom. The molecule has 0 fully saturated rings. The van der Waals surface area contributed by atoms with E-state index in [0.717, 1.165) is 23.8 Å². The Morgan fingerprint density at radius 2 is 1.84 bits per heavy atom. The van der Waals surface area contributed by atoms with E-state index < -0.39 is 0 Å². The van der Waals surface area contributed by atoms with Crippen LogP contribution in [0.15, 0.2) is 36.5 Å². The predicted octanol–water partition coefficient (Wildman–Crippen LogP) is 3.47. The third-order valence-corrected chi connectivity index (χ3v) is 3.01. The summed E-state index contributed by atoms with van der Waals surface area (Å²) in [7, 11) is 0. The number of nitrogens with one attached hydrogen (secondary N) is 1. The molecule has 1 N–H and O–H groups in total. The number of aromatic nitrogens is 2. The quantitative estimate of drug-likeness (QED) is 0.927. The van der Waals surface area contributed by atoms with Gasteiger partial charge in [0.15, 0.2) is 0 Å². The molecule has 3 nitrogen and oxygen atoms in total. The minimum absolute atomic E-state index is 0.111. The lowest BCUT2D eigenvalue weighted by molar-refractivity contribution is 0.419. The lowest BCUT2D eigenvalue weighted by Gasteiger charge is -2.19. The molecule has 0 atom stereocenters. The van der Waals surface area contributed by atoms with Crippen LogP contribution in [0.2, 0.25) is 5.02 Å². The van der Waals surface area contributed by atoms with Gasteiger partial charge in [0.2, 0.25) is 0 Å². The summed E-state index contributed by atoms with van der Waals surface area (Å²) in [6.45, 7) is 8.01. The first-order valence-corrected chi connectivity index (χ1v) is 6.82. The van der Waals surface area contributed by atoms with Gasteiger partial charge in [0, 0.05) is 23.3 Å². The molecule has 1 aromatic carbocycles. The molecule has 0 spiro atoms. The molecule has 0 amide bonds. The van der Waals surface area contributed by atoms with Crippen molar-refractivity contribution in [2.24, 2.45) is 0 Å². The van der Waals surface area contributed by atoms with Crippen molar-refractivity contribution in [1.82, 2.24) is 15.1 Å². The molecule has 0 saturated heterocycles. The number of hydrogen-bond acceptors (Lipinski definition) is 2. The number of benzene rings is 1. The van der Waals surface area contributed by atoms with Crippen LogP contribution in [0.4, 0.5) is 0 Å². The van der Waals surface area contributed by atoms with Crippen LogP contribution in [0.3, 0.4) is 0 Å². The molecular formula is C15H20ClN3. The van der Waals surface area contributed by atoms with Crippen LogP contribution in [-0.4, -0.2) is 15.3 Å². The zero-order valence-electron chi connectivity index (χ0n) is 11.7. The van der Waals surface area contributed by atoms with E-state index >= 15 is 0 Å². The summed E-state index contributed by atoms with van der Waals surface area (Å²) in [5.74, 6) is 0. The fraction of sp³-hybridized carbons (Fsp3) is 0.400. The second-order valence-corrected chi connectivity index (χ2v) is 6.17. The smallest absolute Gasteiger partial charge is 0.0762 e. The van der Waals surface area contributed by atoms with E-state index in [9.17, 15) is 0 Å². The number of halogens is 1. The lowest BCUT2D eigenvalue weighted by atomic mass is 10.1. The fourth-order valence-electron chi connectivity index (χ4n) is 1.72. The van der Waals surface area contributed by atoms with E-state index in [1.54, 1.807) is 0 Å². The third-order valence-electron chi connectivity index (χ3n) is 2.75. The third kappa shape index (κ3) is 4.69. The molecule has 0 saturated carbocycles. The van der Waals surface area contributed by atoms with E-state index in [0.29, 0.717) is 0 Å². The zero-order valence-corrected chi connectivity index (χ0v) is 12.4. The van der Waals surface area contributed by atoms with Crippen LogP contribution >= 0.6 is 11.6 Å². The van der Waals surface area contributed by atoms with Crippen molar-refractivity contribution in [3.63, 3.8) is 0 Å². The van der Waals surface area contributed by atoms with E-state index in [4.69, 9.17) is 11.6 Å². The Morgan fingerprint density at radius 1 is 1.16 bits per heavy atom. The number of rotatable bonds is 4. The van der Waals surface area contributed by atoms with Gasteiger partial charge in [0.1, 0.15) is 0 Å². The van der Waals surface area contributed by atoms with E-state index in [1.807, 2.05) is 35.1 Å². The van der Waals surface area contributed by atoms with Crippen molar-refractivity contribution >= 4 is 11.6 Å². The van der Waals surface area contributed by atoms with Crippen molar-refractivity contribution in [2.45, 2.75) is 39.4 Å². The van der Waals surface area contributed by atoms with Gasteiger partial charge in [-0.1, -0.05) is 23.7 Å². The highest BCUT2D eigenvalue weighted by molar-refractivity contribution is 6.30. The van der Waals surface area contributed by atoms with E-state index in [2.05, 4.69) is 37.3 Å². The summed E-state index contributed by atoms with van der Waals surface area (Å²) in [6, 6.07) is 9.91. The molecule has 0 aliphatic heterocycles. The molecule has 2 aromatic rings. The summed E-state index contributed by atoms with van der Waals surface area (Å²) >= 11 is 5.87. The maximum absolute atomic E-state index is 5.87. The van der Waals surface area contributed by atoms with Gasteiger partial charge in [-0.05, 0) is 44.5 Å². The van der Waals surface area contributed by atoms with Crippen molar-refractivity contribution in [3.05, 3.63) is 52.8 Å². The summed E-state index contributed by atoms with van der Waals surface area (Å²) in [6.07, 6.45) is 2.01. The maximum Gasteiger partial charge on any atom is 0.0762 e. The number of hydrogen-bond donors (Lipinski definition) is 1. The first kappa shape index (κ1) is 14.1. The van der Waals surface area contributed by atoms with Crippen molar-refractivity contribution < 1.29 is 0 Å². The fourth-order valence-corrected chi connectivity index (χ4v) is 1.84. The van der Waals surface area contributed by atoms with Gasteiger partial charge in [-0.25, -0.2) is 0 Å². The molecule has 19 heavy (non-hydrogen) atoms. The molecule has 0 aliphatic rings. The summed E-state index contributed by atoms with van der Waals surface area (Å²) in [4.78, 5) is 0. The van der Waals surface area contributed by atoms with Crippen molar-refractivity contribution in [1.29, 1.82) is 0 Å². The first-order valence-electron chi connectivity index (χ1n) is 6.44. The first-order chi connectivity index (χ1) is 8.92. The summed E-state index contributed by atoms with van der Waals surface area (Å²) in [5.41, 5.74) is 2.37. The zero-order chi connectivity index (χ0) is 13.9.